The highest BCUT2D eigenvalue weighted by Gasteiger charge is 2.44. The molecule has 2 aliphatic rings. The molecule has 0 radical (unpaired) electrons. The predicted molar refractivity (Wildman–Crippen MR) is 103 cm³/mol. The molecule has 7 nitrogen and oxygen atoms in total. The Kier molecular flexibility index (Phi) is 5.19. The van der Waals surface area contributed by atoms with Gasteiger partial charge in [0, 0.05) is 23.7 Å². The first-order valence-corrected chi connectivity index (χ1v) is 9.96. The molecule has 2 saturated heterocycles. The zero-order chi connectivity index (χ0) is 19.0. The zero-order valence-corrected chi connectivity index (χ0v) is 17.1. The molecule has 2 aromatic rings. The van der Waals surface area contributed by atoms with Gasteiger partial charge in [-0.25, -0.2) is 4.68 Å². The van der Waals surface area contributed by atoms with E-state index in [1.165, 1.54) is 0 Å². The van der Waals surface area contributed by atoms with E-state index in [4.69, 9.17) is 9.47 Å². The average molecular weight is 435 g/mol. The monoisotopic (exact) mass is 434 g/mol. The average Bonchev–Trinajstić information content (AvgIpc) is 3.24. The summed E-state index contributed by atoms with van der Waals surface area (Å²) in [5.41, 5.74) is 1.50. The summed E-state index contributed by atoms with van der Waals surface area (Å²) < 4.78 is 13.2. The van der Waals surface area contributed by atoms with Crippen molar-refractivity contribution in [2.24, 2.45) is 0 Å². The van der Waals surface area contributed by atoms with Crippen molar-refractivity contribution in [3.63, 3.8) is 0 Å². The summed E-state index contributed by atoms with van der Waals surface area (Å²) in [5, 5.41) is 8.45. The van der Waals surface area contributed by atoms with E-state index in [-0.39, 0.29) is 24.0 Å². The minimum absolute atomic E-state index is 0.0744. The van der Waals surface area contributed by atoms with Gasteiger partial charge in [0.15, 0.2) is 0 Å². The number of ether oxygens (including phenoxy) is 2. The topological polar surface area (TPSA) is 69.5 Å². The number of benzene rings is 1. The second-order valence-electron chi connectivity index (χ2n) is 7.19. The van der Waals surface area contributed by atoms with Crippen molar-refractivity contribution in [3.8, 4) is 5.75 Å². The van der Waals surface area contributed by atoms with Crippen LogP contribution in [0, 0.1) is 0 Å². The molecule has 2 atom stereocenters. The fraction of sp³-hybridized carbons (Fsp3) is 0.526. The summed E-state index contributed by atoms with van der Waals surface area (Å²) in [4.78, 5) is 15.3. The Morgan fingerprint density at radius 3 is 2.63 bits per heavy atom. The van der Waals surface area contributed by atoms with Crippen LogP contribution in [-0.2, 0) is 11.3 Å². The molecule has 8 heteroatoms. The first-order valence-electron chi connectivity index (χ1n) is 9.16. The summed E-state index contributed by atoms with van der Waals surface area (Å²) in [6.07, 6.45) is 5.84. The van der Waals surface area contributed by atoms with Gasteiger partial charge >= 0.3 is 0 Å². The molecule has 144 valence electrons. The number of fused-ring (bicyclic) bond motifs is 2. The van der Waals surface area contributed by atoms with E-state index >= 15 is 0 Å². The van der Waals surface area contributed by atoms with Gasteiger partial charge in [0.05, 0.1) is 31.5 Å². The molecule has 0 N–H and O–H groups in total. The van der Waals surface area contributed by atoms with E-state index in [9.17, 15) is 4.79 Å². The standard InChI is InChI=1S/C19H23BrN4O3/c1-26-11-12-10-23(22-21-12)15-7-13-3-4-14(8-15)24(13)19(25)17-9-16(27-2)5-6-18(17)20/h5-6,9-10,13-15H,3-4,7-8,11H2,1-2H3. The van der Waals surface area contributed by atoms with Crippen LogP contribution in [0.4, 0.5) is 0 Å². The maximum absolute atomic E-state index is 13.3. The van der Waals surface area contributed by atoms with Crippen molar-refractivity contribution >= 4 is 21.8 Å². The number of rotatable bonds is 5. The Morgan fingerprint density at radius 1 is 1.22 bits per heavy atom. The highest BCUT2D eigenvalue weighted by Crippen LogP contribution is 2.42. The van der Waals surface area contributed by atoms with Crippen LogP contribution >= 0.6 is 15.9 Å². The Labute approximate surface area is 166 Å². The second-order valence-corrected chi connectivity index (χ2v) is 8.05. The van der Waals surface area contributed by atoms with Gasteiger partial charge in [0.2, 0.25) is 0 Å². The van der Waals surface area contributed by atoms with Gasteiger partial charge in [-0.2, -0.15) is 0 Å². The van der Waals surface area contributed by atoms with Crippen LogP contribution in [0.1, 0.15) is 47.8 Å². The normalized spacial score (nSPS) is 24.3. The molecule has 2 fully saturated rings. The number of halogens is 1. The maximum Gasteiger partial charge on any atom is 0.255 e. The van der Waals surface area contributed by atoms with Crippen LogP contribution in [-0.4, -0.2) is 52.1 Å². The molecule has 4 rings (SSSR count). The molecule has 2 aliphatic heterocycles. The molecule has 1 amide bonds. The van der Waals surface area contributed by atoms with E-state index in [2.05, 4.69) is 31.1 Å². The first kappa shape index (κ1) is 18.4. The third-order valence-electron chi connectivity index (χ3n) is 5.57. The van der Waals surface area contributed by atoms with Gasteiger partial charge in [-0.3, -0.25) is 4.79 Å². The van der Waals surface area contributed by atoms with E-state index in [0.29, 0.717) is 17.9 Å². The molecule has 0 saturated carbocycles. The number of amides is 1. The summed E-state index contributed by atoms with van der Waals surface area (Å²) >= 11 is 3.52. The highest BCUT2D eigenvalue weighted by atomic mass is 79.9. The summed E-state index contributed by atoms with van der Waals surface area (Å²) in [6.45, 7) is 0.466. The Hall–Kier alpha value is -1.93. The van der Waals surface area contributed by atoms with Crippen LogP contribution < -0.4 is 4.74 Å². The molecule has 27 heavy (non-hydrogen) atoms. The lowest BCUT2D eigenvalue weighted by Crippen LogP contribution is -2.47. The maximum atomic E-state index is 13.3. The van der Waals surface area contributed by atoms with Crippen LogP contribution in [0.5, 0.6) is 5.75 Å². The number of aromatic nitrogens is 3. The van der Waals surface area contributed by atoms with Crippen LogP contribution in [0.2, 0.25) is 0 Å². The summed E-state index contributed by atoms with van der Waals surface area (Å²) in [7, 11) is 3.27. The second kappa shape index (κ2) is 7.59. The minimum atomic E-state index is 0.0744. The zero-order valence-electron chi connectivity index (χ0n) is 15.5. The third-order valence-corrected chi connectivity index (χ3v) is 6.26. The molecule has 0 spiro atoms. The van der Waals surface area contributed by atoms with Crippen molar-refractivity contribution in [1.29, 1.82) is 0 Å². The smallest absolute Gasteiger partial charge is 0.255 e. The quantitative estimate of drug-likeness (QED) is 0.722. The molecule has 0 aliphatic carbocycles. The number of nitrogens with zero attached hydrogens (tertiary/aromatic N) is 4. The van der Waals surface area contributed by atoms with E-state index in [1.807, 2.05) is 29.1 Å². The summed E-state index contributed by atoms with van der Waals surface area (Å²) in [5.74, 6) is 0.766. The molecule has 3 heterocycles. The lowest BCUT2D eigenvalue weighted by Gasteiger charge is -2.39. The Bertz CT molecular complexity index is 826. The fourth-order valence-electron chi connectivity index (χ4n) is 4.34. The molecular formula is C19H23BrN4O3. The number of carbonyl (C=O) groups excluding carboxylic acids is 1. The molecule has 2 bridgehead atoms. The highest BCUT2D eigenvalue weighted by molar-refractivity contribution is 9.10. The van der Waals surface area contributed by atoms with Crippen molar-refractivity contribution in [3.05, 3.63) is 40.1 Å². The number of carbonyl (C=O) groups is 1. The van der Waals surface area contributed by atoms with Crippen molar-refractivity contribution < 1.29 is 14.3 Å². The van der Waals surface area contributed by atoms with Gasteiger partial charge in [0.1, 0.15) is 11.4 Å². The van der Waals surface area contributed by atoms with Gasteiger partial charge in [-0.15, -0.1) is 5.10 Å². The van der Waals surface area contributed by atoms with E-state index in [0.717, 1.165) is 35.8 Å². The molecular weight excluding hydrogens is 412 g/mol. The largest absolute Gasteiger partial charge is 0.497 e. The van der Waals surface area contributed by atoms with Crippen LogP contribution in [0.3, 0.4) is 0 Å². The van der Waals surface area contributed by atoms with Crippen molar-refractivity contribution in [2.45, 2.75) is 50.4 Å². The molecule has 2 unspecified atom stereocenters. The lowest BCUT2D eigenvalue weighted by atomic mass is 9.96. The van der Waals surface area contributed by atoms with Crippen molar-refractivity contribution in [2.75, 3.05) is 14.2 Å². The predicted octanol–water partition coefficient (Wildman–Crippen LogP) is 3.20. The fourth-order valence-corrected chi connectivity index (χ4v) is 4.75. The van der Waals surface area contributed by atoms with Gasteiger partial charge in [0.25, 0.3) is 5.91 Å². The van der Waals surface area contributed by atoms with E-state index in [1.54, 1.807) is 14.2 Å². The third kappa shape index (κ3) is 3.48. The van der Waals surface area contributed by atoms with Crippen molar-refractivity contribution in [1.82, 2.24) is 19.9 Å². The van der Waals surface area contributed by atoms with Gasteiger partial charge in [-0.05, 0) is 59.8 Å². The molecule has 1 aromatic heterocycles. The minimum Gasteiger partial charge on any atom is -0.497 e. The number of hydrogen-bond donors (Lipinski definition) is 0. The number of hydrogen-bond acceptors (Lipinski definition) is 5. The van der Waals surface area contributed by atoms with Crippen LogP contribution in [0.15, 0.2) is 28.9 Å². The Morgan fingerprint density at radius 2 is 1.96 bits per heavy atom. The lowest BCUT2D eigenvalue weighted by molar-refractivity contribution is 0.0521. The first-order chi connectivity index (χ1) is 13.1. The number of methoxy groups -OCH3 is 2. The van der Waals surface area contributed by atoms with Gasteiger partial charge in [-0.1, -0.05) is 5.21 Å². The van der Waals surface area contributed by atoms with Gasteiger partial charge < -0.3 is 14.4 Å². The SMILES string of the molecule is COCc1cn(C2CC3CCC(C2)N3C(=O)c2cc(OC)ccc2Br)nn1. The molecule has 1 aromatic carbocycles. The summed E-state index contributed by atoms with van der Waals surface area (Å²) in [6, 6.07) is 6.27. The number of piperidine rings is 1. The Balaban J connectivity index is 1.53. The van der Waals surface area contributed by atoms with Crippen LogP contribution in [0.25, 0.3) is 0 Å². The van der Waals surface area contributed by atoms with E-state index < -0.39 is 0 Å².